The van der Waals surface area contributed by atoms with Gasteiger partial charge >= 0.3 is 5.97 Å². The molecule has 3 heterocycles. The number of fused-ring (bicyclic) bond motifs is 2. The van der Waals surface area contributed by atoms with Crippen LogP contribution in [0.1, 0.15) is 34.5 Å². The number of amides is 1. The van der Waals surface area contributed by atoms with Crippen molar-refractivity contribution in [3.05, 3.63) is 94.0 Å². The molecule has 0 aliphatic carbocycles. The number of para-hydroxylation sites is 1. The second kappa shape index (κ2) is 9.06. The summed E-state index contributed by atoms with van der Waals surface area (Å²) in [5, 5.41) is 13.7. The van der Waals surface area contributed by atoms with Gasteiger partial charge in [-0.25, -0.2) is 4.79 Å². The Balaban J connectivity index is 1.34. The maximum Gasteiger partial charge on any atom is 0.326 e. The molecule has 0 aliphatic rings. The van der Waals surface area contributed by atoms with E-state index in [4.69, 9.17) is 5.73 Å². The Kier molecular flexibility index (Phi) is 5.77. The molecule has 1 unspecified atom stereocenters. The summed E-state index contributed by atoms with van der Waals surface area (Å²) in [5.74, 6) is -1.55. The van der Waals surface area contributed by atoms with Gasteiger partial charge in [0.2, 0.25) is 5.95 Å². The molecule has 0 saturated heterocycles. The van der Waals surface area contributed by atoms with Gasteiger partial charge in [0.25, 0.3) is 11.5 Å². The molecule has 5 rings (SSSR count). The van der Waals surface area contributed by atoms with Gasteiger partial charge in [0.1, 0.15) is 11.7 Å². The first kappa shape index (κ1) is 22.9. The Morgan fingerprint density at radius 2 is 1.83 bits per heavy atom. The van der Waals surface area contributed by atoms with E-state index < -0.39 is 24.0 Å². The summed E-state index contributed by atoms with van der Waals surface area (Å²) in [7, 11) is 0. The molecule has 10 nitrogen and oxygen atoms in total. The Morgan fingerprint density at radius 1 is 1.08 bits per heavy atom. The van der Waals surface area contributed by atoms with Gasteiger partial charge in [-0.05, 0) is 42.3 Å². The molecule has 182 valence electrons. The van der Waals surface area contributed by atoms with E-state index in [1.54, 1.807) is 42.7 Å². The number of nitrogen functional groups attached to an aromatic ring is 1. The van der Waals surface area contributed by atoms with Crippen molar-refractivity contribution in [1.82, 2.24) is 24.8 Å². The first-order valence-corrected chi connectivity index (χ1v) is 11.4. The molecular weight excluding hydrogens is 460 g/mol. The first-order chi connectivity index (χ1) is 17.3. The summed E-state index contributed by atoms with van der Waals surface area (Å²) in [6.45, 7) is 1.81. The van der Waals surface area contributed by atoms with Gasteiger partial charge in [-0.2, -0.15) is 4.98 Å². The standard InChI is InChI=1S/C26H24N6O4/c1-14(32-24(34)19-10-11-28-22(19)31-26(32)27)15-6-8-16(9-7-15)23(33)30-21(25(35)36)12-17-13-29-20-5-3-2-4-18(17)20/h2-11,13-14,21,28-29H,12H2,1H3,(H2,27,31)(H,30,33)(H,35,36)/t14?,21-/m0/s1. The maximum atomic E-state index is 12.9. The molecule has 6 N–H and O–H groups in total. The van der Waals surface area contributed by atoms with Crippen molar-refractivity contribution >= 4 is 39.8 Å². The van der Waals surface area contributed by atoms with Crippen LogP contribution in [0.15, 0.2) is 71.8 Å². The predicted molar refractivity (Wildman–Crippen MR) is 136 cm³/mol. The molecule has 2 atom stereocenters. The third-order valence-electron chi connectivity index (χ3n) is 6.39. The zero-order valence-corrected chi connectivity index (χ0v) is 19.4. The number of aromatic nitrogens is 4. The monoisotopic (exact) mass is 484 g/mol. The van der Waals surface area contributed by atoms with Crippen LogP contribution in [0.4, 0.5) is 5.95 Å². The van der Waals surface area contributed by atoms with Crippen LogP contribution in [-0.4, -0.2) is 42.5 Å². The van der Waals surface area contributed by atoms with E-state index in [2.05, 4.69) is 20.3 Å². The number of nitrogens with two attached hydrogens (primary N) is 1. The molecule has 0 aliphatic heterocycles. The number of anilines is 1. The van der Waals surface area contributed by atoms with Crippen LogP contribution >= 0.6 is 0 Å². The minimum absolute atomic E-state index is 0.0749. The zero-order chi connectivity index (χ0) is 25.4. The lowest BCUT2D eigenvalue weighted by Crippen LogP contribution is -2.42. The van der Waals surface area contributed by atoms with Crippen molar-refractivity contribution in [3.8, 4) is 0 Å². The molecule has 5 aromatic rings. The number of carbonyl (C=O) groups excluding carboxylic acids is 1. The number of carboxylic acid groups (broad SMARTS) is 1. The number of carboxylic acids is 1. The predicted octanol–water partition coefficient (Wildman–Crippen LogP) is 2.82. The van der Waals surface area contributed by atoms with E-state index in [-0.39, 0.29) is 17.9 Å². The summed E-state index contributed by atoms with van der Waals surface area (Å²) in [5.41, 5.74) is 8.95. The van der Waals surface area contributed by atoms with Crippen molar-refractivity contribution in [2.24, 2.45) is 0 Å². The fraction of sp³-hybridized carbons (Fsp3) is 0.154. The highest BCUT2D eigenvalue weighted by Gasteiger charge is 2.23. The number of H-pyrrole nitrogens is 2. The zero-order valence-electron chi connectivity index (χ0n) is 19.4. The van der Waals surface area contributed by atoms with Crippen LogP contribution in [0.3, 0.4) is 0 Å². The van der Waals surface area contributed by atoms with Gasteiger partial charge in [0.05, 0.1) is 11.4 Å². The summed E-state index contributed by atoms with van der Waals surface area (Å²) < 4.78 is 1.40. The van der Waals surface area contributed by atoms with Crippen LogP contribution < -0.4 is 16.6 Å². The molecule has 10 heteroatoms. The molecule has 0 fully saturated rings. The Bertz CT molecular complexity index is 1650. The van der Waals surface area contributed by atoms with E-state index in [1.165, 1.54) is 4.57 Å². The fourth-order valence-electron chi connectivity index (χ4n) is 4.43. The first-order valence-electron chi connectivity index (χ1n) is 11.4. The summed E-state index contributed by atoms with van der Waals surface area (Å²) in [6, 6.07) is 14.3. The van der Waals surface area contributed by atoms with Crippen LogP contribution in [0.5, 0.6) is 0 Å². The Hall–Kier alpha value is -4.86. The second-order valence-corrected chi connectivity index (χ2v) is 8.61. The van der Waals surface area contributed by atoms with Crippen LogP contribution in [0.25, 0.3) is 21.9 Å². The molecule has 0 bridgehead atoms. The van der Waals surface area contributed by atoms with Gasteiger partial charge in [-0.3, -0.25) is 14.2 Å². The highest BCUT2D eigenvalue weighted by atomic mass is 16.4. The van der Waals surface area contributed by atoms with Gasteiger partial charge in [-0.1, -0.05) is 30.3 Å². The Morgan fingerprint density at radius 3 is 2.58 bits per heavy atom. The number of aliphatic carboxylic acids is 1. The van der Waals surface area contributed by atoms with Gasteiger partial charge in [0.15, 0.2) is 0 Å². The topological polar surface area (TPSA) is 159 Å². The third-order valence-corrected chi connectivity index (χ3v) is 6.39. The molecule has 2 aromatic carbocycles. The molecule has 0 saturated carbocycles. The maximum absolute atomic E-state index is 12.9. The molecule has 0 spiro atoms. The number of rotatable bonds is 7. The normalized spacial score (nSPS) is 13.0. The van der Waals surface area contributed by atoms with Crippen molar-refractivity contribution in [3.63, 3.8) is 0 Å². The minimum atomic E-state index is -1.12. The number of benzene rings is 2. The number of carbonyl (C=O) groups is 2. The van der Waals surface area contributed by atoms with E-state index in [0.29, 0.717) is 16.6 Å². The molecule has 0 radical (unpaired) electrons. The van der Waals surface area contributed by atoms with Crippen LogP contribution in [0, 0.1) is 0 Å². The lowest BCUT2D eigenvalue weighted by Gasteiger charge is -2.18. The number of hydrogen-bond acceptors (Lipinski definition) is 5. The quantitative estimate of drug-likeness (QED) is 0.239. The van der Waals surface area contributed by atoms with Crippen LogP contribution in [-0.2, 0) is 11.2 Å². The van der Waals surface area contributed by atoms with E-state index >= 15 is 0 Å². The van der Waals surface area contributed by atoms with E-state index in [1.807, 2.05) is 31.2 Å². The highest BCUT2D eigenvalue weighted by Crippen LogP contribution is 2.22. The van der Waals surface area contributed by atoms with Crippen molar-refractivity contribution in [2.75, 3.05) is 5.73 Å². The van der Waals surface area contributed by atoms with E-state index in [0.717, 1.165) is 22.0 Å². The summed E-state index contributed by atoms with van der Waals surface area (Å²) >= 11 is 0. The second-order valence-electron chi connectivity index (χ2n) is 8.61. The SMILES string of the molecule is CC(c1ccc(C(=O)N[C@@H](Cc2c[nH]c3ccccc23)C(=O)O)cc1)n1c(N)nc2[nH]ccc2c1=O. The van der Waals surface area contributed by atoms with Gasteiger partial charge < -0.3 is 26.1 Å². The van der Waals surface area contributed by atoms with Crippen molar-refractivity contribution in [2.45, 2.75) is 25.4 Å². The summed E-state index contributed by atoms with van der Waals surface area (Å²) in [4.78, 5) is 47.9. The van der Waals surface area contributed by atoms with E-state index in [9.17, 15) is 19.5 Å². The largest absolute Gasteiger partial charge is 0.480 e. The average molecular weight is 485 g/mol. The minimum Gasteiger partial charge on any atom is -0.480 e. The van der Waals surface area contributed by atoms with Gasteiger partial charge in [0, 0.05) is 35.3 Å². The molecule has 36 heavy (non-hydrogen) atoms. The average Bonchev–Trinajstić information content (AvgIpc) is 3.51. The number of nitrogens with one attached hydrogen (secondary N) is 3. The Labute approximate surface area is 204 Å². The summed E-state index contributed by atoms with van der Waals surface area (Å²) in [6.07, 6.45) is 3.52. The van der Waals surface area contributed by atoms with Crippen LogP contribution in [0.2, 0.25) is 0 Å². The van der Waals surface area contributed by atoms with Gasteiger partial charge in [-0.15, -0.1) is 0 Å². The third kappa shape index (κ3) is 4.09. The molecule has 1 amide bonds. The lowest BCUT2D eigenvalue weighted by atomic mass is 10.0. The smallest absolute Gasteiger partial charge is 0.326 e. The highest BCUT2D eigenvalue weighted by molar-refractivity contribution is 5.97. The number of nitrogens with zero attached hydrogens (tertiary/aromatic N) is 2. The number of aromatic amines is 2. The lowest BCUT2D eigenvalue weighted by molar-refractivity contribution is -0.139. The molecular formula is C26H24N6O4. The van der Waals surface area contributed by atoms with Crippen molar-refractivity contribution in [1.29, 1.82) is 0 Å². The van der Waals surface area contributed by atoms with Crippen molar-refractivity contribution < 1.29 is 14.7 Å². The fourth-order valence-corrected chi connectivity index (χ4v) is 4.43. The molecule has 3 aromatic heterocycles. The number of hydrogen-bond donors (Lipinski definition) is 5.